The maximum absolute atomic E-state index is 12.3. The molecule has 0 bridgehead atoms. The fourth-order valence-corrected chi connectivity index (χ4v) is 3.65. The Morgan fingerprint density at radius 3 is 1.97 bits per heavy atom. The van der Waals surface area contributed by atoms with Crippen LogP contribution in [0.15, 0.2) is 48.5 Å². The SMILES string of the molecule is CCCCNC(=O)N1CCN(c2ccc(NC(=O)Nc3ccc(C(C)C)cc3)cc2)CC1. The number of nitrogens with zero attached hydrogens (tertiary/aromatic N) is 2. The van der Waals surface area contributed by atoms with Crippen molar-refractivity contribution in [3.8, 4) is 0 Å². The molecule has 0 unspecified atom stereocenters. The minimum absolute atomic E-state index is 0.0301. The standard InChI is InChI=1S/C25H35N5O2/c1-4-5-14-26-25(32)30-17-15-29(16-18-30)23-12-10-22(11-13-23)28-24(31)27-21-8-6-20(7-9-21)19(2)3/h6-13,19H,4-5,14-18H2,1-3H3,(H,26,32)(H2,27,28,31). The second-order valence-corrected chi connectivity index (χ2v) is 8.46. The predicted molar refractivity (Wildman–Crippen MR) is 132 cm³/mol. The third kappa shape index (κ3) is 6.64. The summed E-state index contributed by atoms with van der Waals surface area (Å²) in [5.41, 5.74) is 3.83. The Kier molecular flexibility index (Phi) is 8.36. The van der Waals surface area contributed by atoms with Gasteiger partial charge in [-0.3, -0.25) is 0 Å². The number of piperazine rings is 1. The smallest absolute Gasteiger partial charge is 0.323 e. The molecule has 1 saturated heterocycles. The van der Waals surface area contributed by atoms with E-state index in [0.29, 0.717) is 19.0 Å². The highest BCUT2D eigenvalue weighted by Crippen LogP contribution is 2.21. The molecule has 0 spiro atoms. The van der Waals surface area contributed by atoms with Gasteiger partial charge in [0, 0.05) is 49.8 Å². The lowest BCUT2D eigenvalue weighted by atomic mass is 10.0. The highest BCUT2D eigenvalue weighted by molar-refractivity contribution is 5.99. The fraction of sp³-hybridized carbons (Fsp3) is 0.440. The van der Waals surface area contributed by atoms with Gasteiger partial charge in [0.1, 0.15) is 0 Å². The Hall–Kier alpha value is -3.22. The Morgan fingerprint density at radius 1 is 0.875 bits per heavy atom. The molecule has 1 fully saturated rings. The van der Waals surface area contributed by atoms with E-state index in [4.69, 9.17) is 0 Å². The van der Waals surface area contributed by atoms with Gasteiger partial charge in [-0.2, -0.15) is 0 Å². The minimum atomic E-state index is -0.266. The van der Waals surface area contributed by atoms with Crippen molar-refractivity contribution in [1.29, 1.82) is 0 Å². The molecule has 0 saturated carbocycles. The number of unbranched alkanes of at least 4 members (excludes halogenated alkanes) is 1. The van der Waals surface area contributed by atoms with Crippen LogP contribution in [0, 0.1) is 0 Å². The molecule has 0 aromatic heterocycles. The third-order valence-electron chi connectivity index (χ3n) is 5.70. The molecule has 1 aliphatic rings. The highest BCUT2D eigenvalue weighted by atomic mass is 16.2. The summed E-state index contributed by atoms with van der Waals surface area (Å²) >= 11 is 0. The van der Waals surface area contributed by atoms with Crippen molar-refractivity contribution in [3.05, 3.63) is 54.1 Å². The van der Waals surface area contributed by atoms with Crippen LogP contribution in [-0.2, 0) is 0 Å². The van der Waals surface area contributed by atoms with Gasteiger partial charge in [-0.15, -0.1) is 0 Å². The van der Waals surface area contributed by atoms with E-state index < -0.39 is 0 Å². The first-order valence-corrected chi connectivity index (χ1v) is 11.5. The summed E-state index contributed by atoms with van der Waals surface area (Å²) in [7, 11) is 0. The van der Waals surface area contributed by atoms with Crippen molar-refractivity contribution < 1.29 is 9.59 Å². The minimum Gasteiger partial charge on any atom is -0.368 e. The van der Waals surface area contributed by atoms with Gasteiger partial charge in [-0.05, 0) is 54.3 Å². The van der Waals surface area contributed by atoms with E-state index in [1.165, 1.54) is 5.56 Å². The van der Waals surface area contributed by atoms with Crippen molar-refractivity contribution in [2.45, 2.75) is 39.5 Å². The number of anilines is 3. The number of hydrogen-bond donors (Lipinski definition) is 3. The maximum Gasteiger partial charge on any atom is 0.323 e. The number of hydrogen-bond acceptors (Lipinski definition) is 3. The monoisotopic (exact) mass is 437 g/mol. The largest absolute Gasteiger partial charge is 0.368 e. The number of urea groups is 2. The molecule has 0 radical (unpaired) electrons. The van der Waals surface area contributed by atoms with Crippen LogP contribution in [0.4, 0.5) is 26.7 Å². The molecule has 1 aliphatic heterocycles. The van der Waals surface area contributed by atoms with Crippen molar-refractivity contribution in [2.75, 3.05) is 48.3 Å². The summed E-state index contributed by atoms with van der Waals surface area (Å²) in [4.78, 5) is 28.6. The van der Waals surface area contributed by atoms with Crippen molar-refractivity contribution >= 4 is 29.1 Å². The Balaban J connectivity index is 1.46. The molecule has 1 heterocycles. The van der Waals surface area contributed by atoms with Crippen LogP contribution in [0.2, 0.25) is 0 Å². The average molecular weight is 438 g/mol. The zero-order valence-electron chi connectivity index (χ0n) is 19.4. The van der Waals surface area contributed by atoms with Gasteiger partial charge < -0.3 is 25.8 Å². The molecule has 4 amide bonds. The van der Waals surface area contributed by atoms with Crippen LogP contribution >= 0.6 is 0 Å². The second-order valence-electron chi connectivity index (χ2n) is 8.46. The van der Waals surface area contributed by atoms with E-state index in [0.717, 1.165) is 49.5 Å². The van der Waals surface area contributed by atoms with Crippen molar-refractivity contribution in [2.24, 2.45) is 0 Å². The van der Waals surface area contributed by atoms with Crippen molar-refractivity contribution in [3.63, 3.8) is 0 Å². The molecular weight excluding hydrogens is 402 g/mol. The molecule has 32 heavy (non-hydrogen) atoms. The van der Waals surface area contributed by atoms with Gasteiger partial charge in [0.2, 0.25) is 0 Å². The third-order valence-corrected chi connectivity index (χ3v) is 5.70. The summed E-state index contributed by atoms with van der Waals surface area (Å²) in [6, 6.07) is 15.5. The van der Waals surface area contributed by atoms with E-state index >= 15 is 0 Å². The van der Waals surface area contributed by atoms with Gasteiger partial charge in [0.25, 0.3) is 0 Å². The second kappa shape index (κ2) is 11.4. The number of carbonyl (C=O) groups is 2. The first kappa shape index (κ1) is 23.4. The molecule has 3 rings (SSSR count). The Morgan fingerprint density at radius 2 is 1.44 bits per heavy atom. The van der Waals surface area contributed by atoms with Crippen LogP contribution in [0.1, 0.15) is 45.1 Å². The quantitative estimate of drug-likeness (QED) is 0.528. The molecule has 3 N–H and O–H groups in total. The van der Waals surface area contributed by atoms with Crippen LogP contribution in [-0.4, -0.2) is 49.7 Å². The zero-order valence-corrected chi connectivity index (χ0v) is 19.4. The van der Waals surface area contributed by atoms with Crippen LogP contribution in [0.3, 0.4) is 0 Å². The Labute approximate surface area is 191 Å². The molecule has 0 atom stereocenters. The summed E-state index contributed by atoms with van der Waals surface area (Å²) in [5.74, 6) is 0.460. The van der Waals surface area contributed by atoms with Crippen LogP contribution in [0.25, 0.3) is 0 Å². The first-order valence-electron chi connectivity index (χ1n) is 11.5. The van der Waals surface area contributed by atoms with E-state index in [9.17, 15) is 9.59 Å². The zero-order chi connectivity index (χ0) is 22.9. The normalized spacial score (nSPS) is 13.8. The van der Waals surface area contributed by atoms with Crippen LogP contribution < -0.4 is 20.9 Å². The summed E-state index contributed by atoms with van der Waals surface area (Å²) in [6.07, 6.45) is 2.08. The lowest BCUT2D eigenvalue weighted by Gasteiger charge is -2.36. The van der Waals surface area contributed by atoms with Gasteiger partial charge in [0.05, 0.1) is 0 Å². The molecule has 2 aromatic rings. The van der Waals surface area contributed by atoms with Crippen LogP contribution in [0.5, 0.6) is 0 Å². The summed E-state index contributed by atoms with van der Waals surface area (Å²) < 4.78 is 0. The topological polar surface area (TPSA) is 76.7 Å². The van der Waals surface area contributed by atoms with E-state index in [1.807, 2.05) is 53.4 Å². The summed E-state index contributed by atoms with van der Waals surface area (Å²) in [6.45, 7) is 10.1. The number of rotatable bonds is 7. The molecule has 7 heteroatoms. The number of carbonyl (C=O) groups excluding carboxylic acids is 2. The first-order chi connectivity index (χ1) is 15.5. The van der Waals surface area contributed by atoms with Gasteiger partial charge in [-0.25, -0.2) is 9.59 Å². The molecule has 2 aromatic carbocycles. The highest BCUT2D eigenvalue weighted by Gasteiger charge is 2.21. The molecule has 7 nitrogen and oxygen atoms in total. The van der Waals surface area contributed by atoms with Gasteiger partial charge in [-0.1, -0.05) is 39.3 Å². The lowest BCUT2D eigenvalue weighted by molar-refractivity contribution is 0.194. The van der Waals surface area contributed by atoms with Gasteiger partial charge >= 0.3 is 12.1 Å². The van der Waals surface area contributed by atoms with E-state index in [2.05, 4.69) is 41.6 Å². The Bertz CT molecular complexity index is 872. The van der Waals surface area contributed by atoms with Gasteiger partial charge in [0.15, 0.2) is 0 Å². The fourth-order valence-electron chi connectivity index (χ4n) is 3.65. The molecular formula is C25H35N5O2. The predicted octanol–water partition coefficient (Wildman–Crippen LogP) is 5.09. The van der Waals surface area contributed by atoms with Crippen molar-refractivity contribution in [1.82, 2.24) is 10.2 Å². The lowest BCUT2D eigenvalue weighted by Crippen LogP contribution is -2.52. The van der Waals surface area contributed by atoms with E-state index in [-0.39, 0.29) is 12.1 Å². The summed E-state index contributed by atoms with van der Waals surface area (Å²) in [5, 5.41) is 8.72. The number of amides is 4. The molecule has 0 aliphatic carbocycles. The number of benzene rings is 2. The van der Waals surface area contributed by atoms with E-state index in [1.54, 1.807) is 0 Å². The maximum atomic E-state index is 12.3. The number of nitrogens with one attached hydrogen (secondary N) is 3. The average Bonchev–Trinajstić information content (AvgIpc) is 2.80. The molecule has 172 valence electrons.